The summed E-state index contributed by atoms with van der Waals surface area (Å²) in [5, 5.41) is 0. The monoisotopic (exact) mass is 370 g/mol. The maximum atomic E-state index is 12.7. The number of hydrogen-bond donors (Lipinski definition) is 0. The third kappa shape index (κ3) is 3.72. The highest BCUT2D eigenvalue weighted by Gasteiger charge is 2.35. The molecule has 0 saturated carbocycles. The van der Waals surface area contributed by atoms with Gasteiger partial charge in [0.25, 0.3) is 5.91 Å². The first kappa shape index (κ1) is 17.2. The van der Waals surface area contributed by atoms with Crippen molar-refractivity contribution >= 4 is 37.2 Å². The summed E-state index contributed by atoms with van der Waals surface area (Å²) in [6, 6.07) is 7.00. The fraction of sp³-hybridized carbons (Fsp3) is 0.500. The van der Waals surface area contributed by atoms with E-state index in [-0.39, 0.29) is 36.5 Å². The van der Waals surface area contributed by atoms with E-state index in [2.05, 4.69) is 0 Å². The van der Waals surface area contributed by atoms with Gasteiger partial charge in [-0.1, -0.05) is 12.1 Å². The molecule has 0 N–H and O–H groups in total. The van der Waals surface area contributed by atoms with Crippen LogP contribution in [0.25, 0.3) is 0 Å². The molecular weight excluding hydrogens is 352 g/mol. The maximum Gasteiger partial charge on any atom is 0.255 e. The molecule has 8 heteroatoms. The summed E-state index contributed by atoms with van der Waals surface area (Å²) in [5.74, 6) is -0.847. The van der Waals surface area contributed by atoms with Gasteiger partial charge in [0.05, 0.1) is 17.0 Å². The predicted molar refractivity (Wildman–Crippen MR) is 91.7 cm³/mol. The number of para-hydroxylation sites is 1. The first-order valence-corrected chi connectivity index (χ1v) is 10.4. The van der Waals surface area contributed by atoms with Crippen molar-refractivity contribution in [3.05, 3.63) is 29.8 Å². The van der Waals surface area contributed by atoms with Gasteiger partial charge in [-0.3, -0.25) is 9.59 Å². The van der Waals surface area contributed by atoms with E-state index in [1.165, 1.54) is 4.90 Å². The highest BCUT2D eigenvalue weighted by molar-refractivity contribution is 8.13. The fourth-order valence-electron chi connectivity index (χ4n) is 3.39. The van der Waals surface area contributed by atoms with E-state index in [1.807, 2.05) is 0 Å². The van der Waals surface area contributed by atoms with Gasteiger partial charge in [0.2, 0.25) is 15.0 Å². The zero-order valence-electron chi connectivity index (χ0n) is 13.2. The highest BCUT2D eigenvalue weighted by atomic mass is 35.7. The lowest BCUT2D eigenvalue weighted by Crippen LogP contribution is -2.32. The predicted octanol–water partition coefficient (Wildman–Crippen LogP) is 1.84. The van der Waals surface area contributed by atoms with E-state index in [1.54, 1.807) is 29.2 Å². The average Bonchev–Trinajstić information content (AvgIpc) is 3.15. The fourth-order valence-corrected chi connectivity index (χ4v) is 4.71. The summed E-state index contributed by atoms with van der Waals surface area (Å²) in [5.41, 5.74) is 1.04. The van der Waals surface area contributed by atoms with Crippen LogP contribution in [0, 0.1) is 5.92 Å². The molecule has 1 aromatic carbocycles. The van der Waals surface area contributed by atoms with Crippen LogP contribution in [0.15, 0.2) is 24.3 Å². The molecule has 2 fully saturated rings. The topological polar surface area (TPSA) is 74.8 Å². The minimum absolute atomic E-state index is 0.0793. The maximum absolute atomic E-state index is 12.7. The van der Waals surface area contributed by atoms with Crippen molar-refractivity contribution in [1.29, 1.82) is 0 Å². The van der Waals surface area contributed by atoms with Crippen LogP contribution in [-0.2, 0) is 13.8 Å². The molecule has 130 valence electrons. The number of anilines is 1. The van der Waals surface area contributed by atoms with Crippen LogP contribution in [-0.4, -0.2) is 50.5 Å². The second kappa shape index (κ2) is 6.72. The molecule has 0 radical (unpaired) electrons. The van der Waals surface area contributed by atoms with Gasteiger partial charge < -0.3 is 9.80 Å². The van der Waals surface area contributed by atoms with Crippen LogP contribution in [0.4, 0.5) is 5.69 Å². The van der Waals surface area contributed by atoms with Crippen LogP contribution >= 0.6 is 10.7 Å². The van der Waals surface area contributed by atoms with E-state index in [9.17, 15) is 18.0 Å². The van der Waals surface area contributed by atoms with Crippen molar-refractivity contribution in [2.24, 2.45) is 5.92 Å². The SMILES string of the molecule is O=C(c1ccccc1N1CC(CS(=O)(=O)Cl)CC1=O)N1CCCC1. The van der Waals surface area contributed by atoms with Gasteiger partial charge in [0.15, 0.2) is 0 Å². The molecular formula is C16H19ClN2O4S. The number of rotatable bonds is 4. The van der Waals surface area contributed by atoms with Crippen molar-refractivity contribution in [3.63, 3.8) is 0 Å². The normalized spacial score (nSPS) is 21.5. The first-order chi connectivity index (χ1) is 11.3. The smallest absolute Gasteiger partial charge is 0.255 e. The molecule has 2 aliphatic rings. The molecule has 2 heterocycles. The Labute approximate surface area is 145 Å². The number of carbonyl (C=O) groups is 2. The van der Waals surface area contributed by atoms with E-state index >= 15 is 0 Å². The Balaban J connectivity index is 1.84. The lowest BCUT2D eigenvalue weighted by Gasteiger charge is -2.23. The minimum atomic E-state index is -3.66. The van der Waals surface area contributed by atoms with Crippen LogP contribution in [0.2, 0.25) is 0 Å². The van der Waals surface area contributed by atoms with Crippen molar-refractivity contribution in [3.8, 4) is 0 Å². The Bertz CT molecular complexity index is 759. The van der Waals surface area contributed by atoms with Gasteiger partial charge >= 0.3 is 0 Å². The molecule has 0 bridgehead atoms. The van der Waals surface area contributed by atoms with Crippen LogP contribution < -0.4 is 4.90 Å². The summed E-state index contributed by atoms with van der Waals surface area (Å²) in [4.78, 5) is 28.3. The van der Waals surface area contributed by atoms with Crippen LogP contribution in [0.1, 0.15) is 29.6 Å². The summed E-state index contributed by atoms with van der Waals surface area (Å²) >= 11 is 0. The zero-order chi connectivity index (χ0) is 17.3. The summed E-state index contributed by atoms with van der Waals surface area (Å²) in [6.45, 7) is 1.72. The van der Waals surface area contributed by atoms with Crippen molar-refractivity contribution in [2.75, 3.05) is 30.3 Å². The Kier molecular flexibility index (Phi) is 4.83. The van der Waals surface area contributed by atoms with Gasteiger partial charge in [0, 0.05) is 42.7 Å². The van der Waals surface area contributed by atoms with Crippen LogP contribution in [0.5, 0.6) is 0 Å². The molecule has 0 spiro atoms. The van der Waals surface area contributed by atoms with Gasteiger partial charge in [-0.05, 0) is 25.0 Å². The third-order valence-electron chi connectivity index (χ3n) is 4.46. The Morgan fingerprint density at radius 2 is 1.88 bits per heavy atom. The van der Waals surface area contributed by atoms with Crippen LogP contribution in [0.3, 0.4) is 0 Å². The molecule has 1 unspecified atom stereocenters. The van der Waals surface area contributed by atoms with E-state index in [0.717, 1.165) is 25.9 Å². The van der Waals surface area contributed by atoms with E-state index in [4.69, 9.17) is 10.7 Å². The van der Waals surface area contributed by atoms with Gasteiger partial charge in [-0.15, -0.1) is 0 Å². The Morgan fingerprint density at radius 3 is 2.54 bits per heavy atom. The zero-order valence-corrected chi connectivity index (χ0v) is 14.7. The molecule has 2 amide bonds. The number of hydrogen-bond acceptors (Lipinski definition) is 4. The summed E-state index contributed by atoms with van der Waals surface area (Å²) in [6.07, 6.45) is 2.11. The number of nitrogens with zero attached hydrogens (tertiary/aromatic N) is 2. The third-order valence-corrected chi connectivity index (χ3v) is 5.71. The molecule has 1 atom stereocenters. The van der Waals surface area contributed by atoms with Crippen molar-refractivity contribution < 1.29 is 18.0 Å². The Hall–Kier alpha value is -1.60. The molecule has 3 rings (SSSR count). The number of amides is 2. The van der Waals surface area contributed by atoms with E-state index in [0.29, 0.717) is 11.3 Å². The first-order valence-electron chi connectivity index (χ1n) is 7.96. The molecule has 1 aromatic rings. The molecule has 2 aliphatic heterocycles. The number of halogens is 1. The molecule has 6 nitrogen and oxygen atoms in total. The van der Waals surface area contributed by atoms with Gasteiger partial charge in [-0.2, -0.15) is 0 Å². The molecule has 0 aromatic heterocycles. The largest absolute Gasteiger partial charge is 0.339 e. The molecule has 0 aliphatic carbocycles. The number of benzene rings is 1. The summed E-state index contributed by atoms with van der Waals surface area (Å²) in [7, 11) is 1.65. The average molecular weight is 371 g/mol. The quantitative estimate of drug-likeness (QED) is 0.758. The second-order valence-electron chi connectivity index (χ2n) is 6.30. The number of likely N-dealkylation sites (tertiary alicyclic amines) is 1. The van der Waals surface area contributed by atoms with Crippen molar-refractivity contribution in [2.45, 2.75) is 19.3 Å². The van der Waals surface area contributed by atoms with Crippen molar-refractivity contribution in [1.82, 2.24) is 4.90 Å². The molecule has 24 heavy (non-hydrogen) atoms. The second-order valence-corrected chi connectivity index (χ2v) is 9.12. The van der Waals surface area contributed by atoms with E-state index < -0.39 is 9.05 Å². The summed E-state index contributed by atoms with van der Waals surface area (Å²) < 4.78 is 22.5. The molecule has 2 saturated heterocycles. The van der Waals surface area contributed by atoms with Gasteiger partial charge in [0.1, 0.15) is 0 Å². The van der Waals surface area contributed by atoms with Gasteiger partial charge in [-0.25, -0.2) is 8.42 Å². The lowest BCUT2D eigenvalue weighted by molar-refractivity contribution is -0.117. The minimum Gasteiger partial charge on any atom is -0.339 e. The number of carbonyl (C=O) groups excluding carboxylic acids is 2. The standard InChI is InChI=1S/C16H19ClN2O4S/c17-24(22,23)11-12-9-15(20)19(10-12)14-6-2-1-5-13(14)16(21)18-7-3-4-8-18/h1-2,5-6,12H,3-4,7-11H2. The Morgan fingerprint density at radius 1 is 1.21 bits per heavy atom. The lowest BCUT2D eigenvalue weighted by atomic mass is 10.1. The highest BCUT2D eigenvalue weighted by Crippen LogP contribution is 2.30.